The monoisotopic (exact) mass is 345 g/mol. The van der Waals surface area contributed by atoms with Crippen LogP contribution in [0.4, 0.5) is 5.69 Å². The Morgan fingerprint density at radius 2 is 2.21 bits per heavy atom. The first kappa shape index (κ1) is 14.0. The lowest BCUT2D eigenvalue weighted by Crippen LogP contribution is -2.26. The van der Waals surface area contributed by atoms with E-state index in [1.165, 1.54) is 24.5 Å². The number of hydrogen-bond donors (Lipinski definition) is 3. The third kappa shape index (κ3) is 3.52. The molecule has 2 rings (SSSR count). The highest BCUT2D eigenvalue weighted by atomic mass is 79.9. The predicted molar refractivity (Wildman–Crippen MR) is 73.8 cm³/mol. The highest BCUT2D eigenvalue weighted by molar-refractivity contribution is 9.10. The maximum atomic E-state index is 12.0. The fourth-order valence-corrected chi connectivity index (χ4v) is 3.00. The van der Waals surface area contributed by atoms with Crippen LogP contribution in [0.3, 0.4) is 0 Å². The Morgan fingerprint density at radius 1 is 1.42 bits per heavy atom. The molecule has 1 heterocycles. The Balaban J connectivity index is 2.03. The average molecular weight is 346 g/mol. The fourth-order valence-electron chi connectivity index (χ4n) is 1.41. The zero-order chi connectivity index (χ0) is 13.9. The van der Waals surface area contributed by atoms with E-state index in [2.05, 4.69) is 35.8 Å². The number of halogens is 1. The van der Waals surface area contributed by atoms with Crippen LogP contribution in [-0.4, -0.2) is 30.1 Å². The third-order valence-corrected chi connectivity index (χ3v) is 4.55. The maximum absolute atomic E-state index is 12.0. The van der Waals surface area contributed by atoms with Crippen LogP contribution in [0.1, 0.15) is 5.82 Å². The number of nitrogen functional groups attached to an aromatic ring is 1. The van der Waals surface area contributed by atoms with Gasteiger partial charge in [0.1, 0.15) is 12.2 Å². The number of anilines is 1. The molecule has 0 bridgehead atoms. The molecule has 0 spiro atoms. The molecule has 0 fully saturated rings. The lowest BCUT2D eigenvalue weighted by atomic mass is 10.3. The number of hydrogen-bond acceptors (Lipinski definition) is 5. The summed E-state index contributed by atoms with van der Waals surface area (Å²) in [7, 11) is -3.55. The normalized spacial score (nSPS) is 11.6. The first-order valence-corrected chi connectivity index (χ1v) is 7.65. The van der Waals surface area contributed by atoms with Crippen molar-refractivity contribution in [2.75, 3.05) is 12.3 Å². The topological polar surface area (TPSA) is 114 Å². The Kier molecular flexibility index (Phi) is 4.17. The van der Waals surface area contributed by atoms with Gasteiger partial charge in [-0.05, 0) is 34.1 Å². The number of H-pyrrole nitrogens is 1. The smallest absolute Gasteiger partial charge is 0.240 e. The van der Waals surface area contributed by atoms with Gasteiger partial charge < -0.3 is 5.73 Å². The van der Waals surface area contributed by atoms with Gasteiger partial charge >= 0.3 is 0 Å². The fraction of sp³-hybridized carbons (Fsp3) is 0.200. The second-order valence-electron chi connectivity index (χ2n) is 3.76. The first-order chi connectivity index (χ1) is 8.99. The van der Waals surface area contributed by atoms with Crippen molar-refractivity contribution in [3.63, 3.8) is 0 Å². The third-order valence-electron chi connectivity index (χ3n) is 2.40. The molecule has 1 aromatic carbocycles. The van der Waals surface area contributed by atoms with Gasteiger partial charge in [-0.1, -0.05) is 0 Å². The molecule has 9 heteroatoms. The summed E-state index contributed by atoms with van der Waals surface area (Å²) in [6, 6.07) is 4.46. The van der Waals surface area contributed by atoms with Gasteiger partial charge in [0, 0.05) is 23.1 Å². The van der Waals surface area contributed by atoms with Crippen molar-refractivity contribution in [2.45, 2.75) is 11.3 Å². The zero-order valence-corrected chi connectivity index (χ0v) is 12.2. The summed E-state index contributed by atoms with van der Waals surface area (Å²) in [6.07, 6.45) is 1.82. The molecule has 19 heavy (non-hydrogen) atoms. The molecule has 1 aromatic heterocycles. The summed E-state index contributed by atoms with van der Waals surface area (Å²) in [4.78, 5) is 4.07. The molecule has 0 saturated carbocycles. The molecule has 0 saturated heterocycles. The minimum absolute atomic E-state index is 0.158. The van der Waals surface area contributed by atoms with Gasteiger partial charge in [0.25, 0.3) is 0 Å². The number of nitrogens with one attached hydrogen (secondary N) is 2. The Labute approximate surface area is 118 Å². The van der Waals surface area contributed by atoms with Crippen LogP contribution in [0.15, 0.2) is 33.9 Å². The molecule has 2 aromatic rings. The number of aromatic nitrogens is 3. The predicted octanol–water partition coefficient (Wildman–Crippen LogP) is 0.670. The van der Waals surface area contributed by atoms with Gasteiger partial charge in [0.05, 0.1) is 4.90 Å². The van der Waals surface area contributed by atoms with E-state index in [0.717, 1.165) is 0 Å². The number of aromatic amines is 1. The second kappa shape index (κ2) is 5.68. The van der Waals surface area contributed by atoms with E-state index in [0.29, 0.717) is 22.4 Å². The van der Waals surface area contributed by atoms with E-state index in [9.17, 15) is 8.42 Å². The second-order valence-corrected chi connectivity index (χ2v) is 6.38. The molecule has 4 N–H and O–H groups in total. The molecule has 0 amide bonds. The van der Waals surface area contributed by atoms with Crippen molar-refractivity contribution in [3.8, 4) is 0 Å². The van der Waals surface area contributed by atoms with Crippen LogP contribution in [0.2, 0.25) is 0 Å². The van der Waals surface area contributed by atoms with E-state index >= 15 is 0 Å². The van der Waals surface area contributed by atoms with Crippen LogP contribution in [0.5, 0.6) is 0 Å². The van der Waals surface area contributed by atoms with Crippen LogP contribution < -0.4 is 10.5 Å². The molecular formula is C10H12BrN5O2S. The van der Waals surface area contributed by atoms with Gasteiger partial charge in [-0.15, -0.1) is 0 Å². The van der Waals surface area contributed by atoms with Gasteiger partial charge in [-0.2, -0.15) is 5.10 Å². The number of nitrogens with two attached hydrogens (primary N) is 1. The Morgan fingerprint density at radius 3 is 2.84 bits per heavy atom. The summed E-state index contributed by atoms with van der Waals surface area (Å²) in [5, 5.41) is 6.34. The van der Waals surface area contributed by atoms with E-state index in [4.69, 9.17) is 5.73 Å². The van der Waals surface area contributed by atoms with Crippen molar-refractivity contribution in [1.29, 1.82) is 0 Å². The largest absolute Gasteiger partial charge is 0.398 e. The molecule has 0 unspecified atom stereocenters. The van der Waals surface area contributed by atoms with Crippen LogP contribution in [0.25, 0.3) is 0 Å². The molecular weight excluding hydrogens is 334 g/mol. The van der Waals surface area contributed by atoms with E-state index in [-0.39, 0.29) is 11.4 Å². The number of benzene rings is 1. The highest BCUT2D eigenvalue weighted by Crippen LogP contribution is 2.22. The number of rotatable bonds is 5. The van der Waals surface area contributed by atoms with Crippen LogP contribution in [0, 0.1) is 0 Å². The van der Waals surface area contributed by atoms with Gasteiger partial charge in [0.15, 0.2) is 0 Å². The summed E-state index contributed by atoms with van der Waals surface area (Å²) in [5.41, 5.74) is 6.10. The number of sulfonamides is 1. The van der Waals surface area contributed by atoms with Crippen molar-refractivity contribution in [2.24, 2.45) is 0 Å². The Bertz CT molecular complexity index is 657. The quantitative estimate of drug-likeness (QED) is 0.689. The first-order valence-electron chi connectivity index (χ1n) is 5.38. The van der Waals surface area contributed by atoms with E-state index in [1.54, 1.807) is 0 Å². The maximum Gasteiger partial charge on any atom is 0.240 e. The number of nitrogens with zero attached hydrogens (tertiary/aromatic N) is 2. The van der Waals surface area contributed by atoms with Gasteiger partial charge in [-0.25, -0.2) is 18.1 Å². The molecule has 0 aliphatic heterocycles. The van der Waals surface area contributed by atoms with Crippen LogP contribution in [-0.2, 0) is 16.4 Å². The lowest BCUT2D eigenvalue weighted by Gasteiger charge is -2.07. The molecule has 102 valence electrons. The van der Waals surface area contributed by atoms with Crippen LogP contribution >= 0.6 is 15.9 Å². The summed E-state index contributed by atoms with van der Waals surface area (Å²) in [6.45, 7) is 0.236. The standard InChI is InChI=1S/C10H12BrN5O2S/c11-8-5-7(1-2-9(8)12)19(17,18)15-4-3-10-13-6-14-16-10/h1-2,5-6,15H,3-4,12H2,(H,13,14,16). The summed E-state index contributed by atoms with van der Waals surface area (Å²) >= 11 is 3.20. The van der Waals surface area contributed by atoms with E-state index in [1.807, 2.05) is 0 Å². The lowest BCUT2D eigenvalue weighted by molar-refractivity contribution is 0.581. The molecule has 7 nitrogen and oxygen atoms in total. The summed E-state index contributed by atoms with van der Waals surface area (Å²) < 4.78 is 27.0. The molecule has 0 radical (unpaired) electrons. The minimum Gasteiger partial charge on any atom is -0.398 e. The Hall–Kier alpha value is -1.45. The van der Waals surface area contributed by atoms with Gasteiger partial charge in [-0.3, -0.25) is 5.10 Å². The van der Waals surface area contributed by atoms with Gasteiger partial charge in [0.2, 0.25) is 10.0 Å². The molecule has 0 atom stereocenters. The van der Waals surface area contributed by atoms with Crippen molar-refractivity contribution < 1.29 is 8.42 Å². The average Bonchev–Trinajstić information content (AvgIpc) is 2.85. The SMILES string of the molecule is Nc1ccc(S(=O)(=O)NCCc2ncn[nH]2)cc1Br. The minimum atomic E-state index is -3.55. The van der Waals surface area contributed by atoms with Crippen molar-refractivity contribution in [1.82, 2.24) is 19.9 Å². The molecule has 0 aliphatic rings. The van der Waals surface area contributed by atoms with E-state index < -0.39 is 10.0 Å². The summed E-state index contributed by atoms with van der Waals surface area (Å²) in [5.74, 6) is 0.626. The zero-order valence-electron chi connectivity index (χ0n) is 9.80. The highest BCUT2D eigenvalue weighted by Gasteiger charge is 2.14. The molecule has 0 aliphatic carbocycles. The van der Waals surface area contributed by atoms with Crippen molar-refractivity contribution in [3.05, 3.63) is 34.8 Å². The van der Waals surface area contributed by atoms with Crippen molar-refractivity contribution >= 4 is 31.6 Å².